The summed E-state index contributed by atoms with van der Waals surface area (Å²) >= 11 is 1.80. The second kappa shape index (κ2) is 6.67. The molecule has 0 radical (unpaired) electrons. The van der Waals surface area contributed by atoms with Crippen molar-refractivity contribution in [2.75, 3.05) is 0 Å². The van der Waals surface area contributed by atoms with Crippen LogP contribution < -0.4 is 0 Å². The van der Waals surface area contributed by atoms with Gasteiger partial charge in [-0.05, 0) is 30.5 Å². The lowest BCUT2D eigenvalue weighted by atomic mass is 9.80. The molecule has 0 spiro atoms. The molecular weight excluding hydrogens is 276 g/mol. The van der Waals surface area contributed by atoms with Gasteiger partial charge in [0.2, 0.25) is 0 Å². The van der Waals surface area contributed by atoms with Crippen molar-refractivity contribution in [2.24, 2.45) is 0 Å². The standard InChI is InChI=1S/C19H22OS/c20-19(14-8-3-9-15-19)18(16-10-4-1-5-11-16)21-17-12-6-2-7-13-17/h1-2,4-7,10-13,18,20H,3,8-9,14-15H2/t18-/m1/s1. The van der Waals surface area contributed by atoms with Crippen molar-refractivity contribution in [3.05, 3.63) is 66.2 Å². The molecule has 2 aromatic carbocycles. The Balaban J connectivity index is 1.91. The lowest BCUT2D eigenvalue weighted by Gasteiger charge is -2.39. The minimum absolute atomic E-state index is 0.112. The van der Waals surface area contributed by atoms with Crippen molar-refractivity contribution in [3.8, 4) is 0 Å². The fraction of sp³-hybridized carbons (Fsp3) is 0.368. The summed E-state index contributed by atoms with van der Waals surface area (Å²) in [5.41, 5.74) is 0.649. The summed E-state index contributed by atoms with van der Waals surface area (Å²) in [6.07, 6.45) is 5.34. The monoisotopic (exact) mass is 298 g/mol. The molecule has 1 saturated carbocycles. The lowest BCUT2D eigenvalue weighted by Crippen LogP contribution is -2.36. The number of aliphatic hydroxyl groups is 1. The van der Waals surface area contributed by atoms with E-state index in [0.717, 1.165) is 25.7 Å². The van der Waals surface area contributed by atoms with Crippen molar-refractivity contribution < 1.29 is 5.11 Å². The Morgan fingerprint density at radius 1 is 0.810 bits per heavy atom. The van der Waals surface area contributed by atoms with Crippen LogP contribution in [0, 0.1) is 0 Å². The van der Waals surface area contributed by atoms with E-state index in [0.29, 0.717) is 0 Å². The summed E-state index contributed by atoms with van der Waals surface area (Å²) in [5.74, 6) is 0. The van der Waals surface area contributed by atoms with Gasteiger partial charge < -0.3 is 5.11 Å². The summed E-state index contributed by atoms with van der Waals surface area (Å²) in [4.78, 5) is 1.23. The molecule has 3 rings (SSSR count). The smallest absolute Gasteiger partial charge is 0.0810 e. The first-order valence-corrected chi connectivity index (χ1v) is 8.65. The highest BCUT2D eigenvalue weighted by molar-refractivity contribution is 7.99. The van der Waals surface area contributed by atoms with Gasteiger partial charge in [0.25, 0.3) is 0 Å². The maximum Gasteiger partial charge on any atom is 0.0810 e. The maximum absolute atomic E-state index is 11.2. The van der Waals surface area contributed by atoms with Gasteiger partial charge in [0.15, 0.2) is 0 Å². The minimum atomic E-state index is -0.583. The highest BCUT2D eigenvalue weighted by Gasteiger charge is 2.39. The number of thioether (sulfide) groups is 1. The van der Waals surface area contributed by atoms with E-state index in [9.17, 15) is 5.11 Å². The van der Waals surface area contributed by atoms with Crippen molar-refractivity contribution in [1.29, 1.82) is 0 Å². The Labute approximate surface area is 131 Å². The van der Waals surface area contributed by atoms with Gasteiger partial charge in [0.1, 0.15) is 0 Å². The second-order valence-corrected chi connectivity index (χ2v) is 7.06. The molecule has 1 aliphatic rings. The van der Waals surface area contributed by atoms with Crippen LogP contribution in [-0.2, 0) is 0 Å². The van der Waals surface area contributed by atoms with Gasteiger partial charge in [0.05, 0.1) is 10.9 Å². The van der Waals surface area contributed by atoms with Gasteiger partial charge in [-0.15, -0.1) is 11.8 Å². The van der Waals surface area contributed by atoms with E-state index in [1.54, 1.807) is 11.8 Å². The van der Waals surface area contributed by atoms with E-state index in [1.165, 1.54) is 16.9 Å². The average Bonchev–Trinajstić information content (AvgIpc) is 2.55. The minimum Gasteiger partial charge on any atom is -0.388 e. The molecule has 21 heavy (non-hydrogen) atoms. The van der Waals surface area contributed by atoms with E-state index >= 15 is 0 Å². The molecule has 0 heterocycles. The average molecular weight is 298 g/mol. The molecule has 2 heteroatoms. The second-order valence-electron chi connectivity index (χ2n) is 5.89. The molecule has 0 saturated heterocycles. The number of hydrogen-bond donors (Lipinski definition) is 1. The molecule has 0 aliphatic heterocycles. The molecule has 2 aromatic rings. The number of hydrogen-bond acceptors (Lipinski definition) is 2. The van der Waals surface area contributed by atoms with Crippen molar-refractivity contribution in [1.82, 2.24) is 0 Å². The topological polar surface area (TPSA) is 20.2 Å². The van der Waals surface area contributed by atoms with Crippen molar-refractivity contribution >= 4 is 11.8 Å². The van der Waals surface area contributed by atoms with Crippen LogP contribution in [0.4, 0.5) is 0 Å². The Morgan fingerprint density at radius 3 is 2.00 bits per heavy atom. The highest BCUT2D eigenvalue weighted by Crippen LogP contribution is 2.48. The van der Waals surface area contributed by atoms with Crippen LogP contribution in [0.5, 0.6) is 0 Å². The molecule has 0 amide bonds. The molecular formula is C19H22OS. The van der Waals surface area contributed by atoms with Crippen LogP contribution in [0.15, 0.2) is 65.6 Å². The van der Waals surface area contributed by atoms with Crippen LogP contribution in [-0.4, -0.2) is 10.7 Å². The van der Waals surface area contributed by atoms with Gasteiger partial charge in [-0.2, -0.15) is 0 Å². The van der Waals surface area contributed by atoms with Crippen LogP contribution >= 0.6 is 11.8 Å². The summed E-state index contributed by atoms with van der Waals surface area (Å²) < 4.78 is 0. The lowest BCUT2D eigenvalue weighted by molar-refractivity contribution is 0.00162. The third kappa shape index (κ3) is 3.50. The van der Waals surface area contributed by atoms with Gasteiger partial charge in [-0.1, -0.05) is 67.8 Å². The zero-order valence-electron chi connectivity index (χ0n) is 12.2. The summed E-state index contributed by atoms with van der Waals surface area (Å²) in [6.45, 7) is 0. The van der Waals surface area contributed by atoms with Gasteiger partial charge in [-0.25, -0.2) is 0 Å². The highest BCUT2D eigenvalue weighted by atomic mass is 32.2. The summed E-state index contributed by atoms with van der Waals surface area (Å²) in [7, 11) is 0. The molecule has 1 aliphatic carbocycles. The predicted molar refractivity (Wildman–Crippen MR) is 89.5 cm³/mol. The normalized spacial score (nSPS) is 19.1. The van der Waals surface area contributed by atoms with Gasteiger partial charge in [-0.3, -0.25) is 0 Å². The van der Waals surface area contributed by atoms with Gasteiger partial charge in [0, 0.05) is 4.90 Å². The molecule has 0 aromatic heterocycles. The first kappa shape index (κ1) is 14.7. The molecule has 0 bridgehead atoms. The maximum atomic E-state index is 11.2. The molecule has 1 N–H and O–H groups in total. The number of rotatable bonds is 4. The molecule has 1 nitrogen and oxygen atoms in total. The zero-order chi connectivity index (χ0) is 14.5. The summed E-state index contributed by atoms with van der Waals surface area (Å²) in [5, 5.41) is 11.3. The third-order valence-electron chi connectivity index (χ3n) is 4.31. The Morgan fingerprint density at radius 2 is 1.38 bits per heavy atom. The molecule has 1 atom stereocenters. The van der Waals surface area contributed by atoms with Crippen molar-refractivity contribution in [3.63, 3.8) is 0 Å². The molecule has 0 unspecified atom stereocenters. The first-order chi connectivity index (χ1) is 10.3. The van der Waals surface area contributed by atoms with E-state index in [-0.39, 0.29) is 5.25 Å². The fourth-order valence-electron chi connectivity index (χ4n) is 3.18. The van der Waals surface area contributed by atoms with Crippen LogP contribution in [0.2, 0.25) is 0 Å². The fourth-order valence-corrected chi connectivity index (χ4v) is 4.51. The van der Waals surface area contributed by atoms with E-state index < -0.39 is 5.60 Å². The SMILES string of the molecule is OC1([C@H](Sc2ccccc2)c2ccccc2)CCCCC1. The molecule has 1 fully saturated rings. The number of benzene rings is 2. The first-order valence-electron chi connectivity index (χ1n) is 7.77. The van der Waals surface area contributed by atoms with Gasteiger partial charge >= 0.3 is 0 Å². The van der Waals surface area contributed by atoms with Crippen molar-refractivity contribution in [2.45, 2.75) is 47.9 Å². The third-order valence-corrected chi connectivity index (χ3v) is 5.80. The van der Waals surface area contributed by atoms with Crippen LogP contribution in [0.3, 0.4) is 0 Å². The largest absolute Gasteiger partial charge is 0.388 e. The van der Waals surface area contributed by atoms with E-state index in [4.69, 9.17) is 0 Å². The zero-order valence-corrected chi connectivity index (χ0v) is 13.1. The Hall–Kier alpha value is -1.25. The van der Waals surface area contributed by atoms with Crippen LogP contribution in [0.25, 0.3) is 0 Å². The summed E-state index contributed by atoms with van der Waals surface area (Å²) in [6, 6.07) is 20.9. The molecule has 110 valence electrons. The predicted octanol–water partition coefficient (Wildman–Crippen LogP) is 5.22. The quantitative estimate of drug-likeness (QED) is 0.781. The van der Waals surface area contributed by atoms with E-state index in [2.05, 4.69) is 48.5 Å². The Bertz CT molecular complexity index is 546. The van der Waals surface area contributed by atoms with Crippen LogP contribution in [0.1, 0.15) is 42.9 Å². The van der Waals surface area contributed by atoms with E-state index in [1.807, 2.05) is 12.1 Å². The Kier molecular flexibility index (Phi) is 4.67.